The van der Waals surface area contributed by atoms with Crippen molar-refractivity contribution in [2.45, 2.75) is 13.3 Å². The van der Waals surface area contributed by atoms with Gasteiger partial charge in [0.05, 0.1) is 0 Å². The van der Waals surface area contributed by atoms with Crippen LogP contribution < -0.4 is 11.1 Å². The summed E-state index contributed by atoms with van der Waals surface area (Å²) in [5.74, 6) is 0.261. The second-order valence-corrected chi connectivity index (χ2v) is 5.37. The second-order valence-electron chi connectivity index (χ2n) is 5.37. The van der Waals surface area contributed by atoms with Gasteiger partial charge >= 0.3 is 0 Å². The maximum absolute atomic E-state index is 12.3. The third-order valence-electron chi connectivity index (χ3n) is 3.51. The van der Waals surface area contributed by atoms with Gasteiger partial charge in [0, 0.05) is 12.1 Å². The lowest BCUT2D eigenvalue weighted by Crippen LogP contribution is -2.31. The van der Waals surface area contributed by atoms with Crippen molar-refractivity contribution in [1.82, 2.24) is 5.32 Å². The predicted octanol–water partition coefficient (Wildman–Crippen LogP) is 3.02. The summed E-state index contributed by atoms with van der Waals surface area (Å²) in [6, 6.07) is 17.9. The molecule has 0 spiro atoms. The summed E-state index contributed by atoms with van der Waals surface area (Å²) in [4.78, 5) is 12.3. The van der Waals surface area contributed by atoms with Gasteiger partial charge in [0.2, 0.25) is 0 Å². The molecule has 0 saturated carbocycles. The first kappa shape index (κ1) is 18.2. The van der Waals surface area contributed by atoms with Crippen molar-refractivity contribution in [1.29, 1.82) is 0 Å². The number of hydrogen-bond acceptors (Lipinski definition) is 2. The van der Waals surface area contributed by atoms with Gasteiger partial charge in [-0.2, -0.15) is 0 Å². The van der Waals surface area contributed by atoms with Crippen molar-refractivity contribution in [3.8, 4) is 0 Å². The molecule has 0 saturated heterocycles. The maximum atomic E-state index is 12.3. The topological polar surface area (TPSA) is 55.1 Å². The van der Waals surface area contributed by atoms with E-state index in [9.17, 15) is 4.79 Å². The molecule has 1 unspecified atom stereocenters. The lowest BCUT2D eigenvalue weighted by atomic mass is 9.99. The number of nitrogens with one attached hydrogen (secondary N) is 1. The van der Waals surface area contributed by atoms with Gasteiger partial charge in [0.15, 0.2) is 0 Å². The maximum Gasteiger partial charge on any atom is 0.251 e. The minimum Gasteiger partial charge on any atom is -0.352 e. The Bertz CT molecular complexity index is 587. The van der Waals surface area contributed by atoms with Crippen LogP contribution in [0, 0.1) is 5.92 Å². The van der Waals surface area contributed by atoms with Crippen molar-refractivity contribution in [3.63, 3.8) is 0 Å². The van der Waals surface area contributed by atoms with Gasteiger partial charge in [0.25, 0.3) is 5.91 Å². The first-order valence-corrected chi connectivity index (χ1v) is 7.30. The van der Waals surface area contributed by atoms with E-state index in [1.807, 2.05) is 49.4 Å². The molecule has 0 bridgehead atoms. The quantitative estimate of drug-likeness (QED) is 0.860. The first-order valence-electron chi connectivity index (χ1n) is 7.30. The molecule has 0 fully saturated rings. The Morgan fingerprint density at radius 3 is 2.41 bits per heavy atom. The number of nitrogens with two attached hydrogens (primary N) is 1. The van der Waals surface area contributed by atoms with Crippen molar-refractivity contribution in [2.75, 3.05) is 13.1 Å². The highest BCUT2D eigenvalue weighted by Crippen LogP contribution is 2.14. The van der Waals surface area contributed by atoms with Crippen LogP contribution in [0.25, 0.3) is 0 Å². The molecule has 3 N–H and O–H groups in total. The largest absolute Gasteiger partial charge is 0.352 e. The summed E-state index contributed by atoms with van der Waals surface area (Å²) in [6.07, 6.45) is 0.761. The van der Waals surface area contributed by atoms with E-state index in [1.165, 1.54) is 5.56 Å². The van der Waals surface area contributed by atoms with Gasteiger partial charge in [0.1, 0.15) is 0 Å². The molecule has 0 heterocycles. The minimum atomic E-state index is -0.0261. The van der Waals surface area contributed by atoms with Gasteiger partial charge < -0.3 is 11.1 Å². The molecular formula is C18H23ClN2O. The van der Waals surface area contributed by atoms with E-state index in [0.717, 1.165) is 17.5 Å². The van der Waals surface area contributed by atoms with Crippen molar-refractivity contribution < 1.29 is 4.79 Å². The van der Waals surface area contributed by atoms with Crippen LogP contribution in [-0.2, 0) is 6.42 Å². The SMILES string of the molecule is CC(CN)CNC(=O)c1ccccc1Cc1ccccc1.Cl. The van der Waals surface area contributed by atoms with Crippen LogP contribution in [-0.4, -0.2) is 19.0 Å². The number of amides is 1. The monoisotopic (exact) mass is 318 g/mol. The lowest BCUT2D eigenvalue weighted by molar-refractivity contribution is 0.0948. The van der Waals surface area contributed by atoms with E-state index in [-0.39, 0.29) is 24.2 Å². The van der Waals surface area contributed by atoms with E-state index in [4.69, 9.17) is 5.73 Å². The molecule has 1 atom stereocenters. The molecule has 0 radical (unpaired) electrons. The molecule has 0 aliphatic carbocycles. The standard InChI is InChI=1S/C18H22N2O.ClH/c1-14(12-19)13-20-18(21)17-10-6-5-9-16(17)11-15-7-3-2-4-8-15;/h2-10,14H,11-13,19H2,1H3,(H,20,21);1H. The summed E-state index contributed by atoms with van der Waals surface area (Å²) in [5.41, 5.74) is 8.56. The second kappa shape index (κ2) is 9.23. The Morgan fingerprint density at radius 1 is 1.09 bits per heavy atom. The van der Waals surface area contributed by atoms with Crippen LogP contribution in [0.3, 0.4) is 0 Å². The predicted molar refractivity (Wildman–Crippen MR) is 93.5 cm³/mol. The van der Waals surface area contributed by atoms with Crippen LogP contribution >= 0.6 is 12.4 Å². The molecule has 0 aliphatic heterocycles. The highest BCUT2D eigenvalue weighted by molar-refractivity contribution is 5.95. The normalized spacial score (nSPS) is 11.4. The van der Waals surface area contributed by atoms with Crippen molar-refractivity contribution >= 4 is 18.3 Å². The van der Waals surface area contributed by atoms with Gasteiger partial charge in [-0.3, -0.25) is 4.79 Å². The Hall–Kier alpha value is -1.84. The highest BCUT2D eigenvalue weighted by Gasteiger charge is 2.11. The highest BCUT2D eigenvalue weighted by atomic mass is 35.5. The molecule has 0 aromatic heterocycles. The summed E-state index contributed by atoms with van der Waals surface area (Å²) in [7, 11) is 0. The van der Waals surface area contributed by atoms with E-state index in [0.29, 0.717) is 13.1 Å². The van der Waals surface area contributed by atoms with Crippen LogP contribution in [0.4, 0.5) is 0 Å². The number of carbonyl (C=O) groups is 1. The zero-order chi connectivity index (χ0) is 15.1. The third-order valence-corrected chi connectivity index (χ3v) is 3.51. The molecule has 2 rings (SSSR count). The van der Waals surface area contributed by atoms with Crippen molar-refractivity contribution in [2.24, 2.45) is 11.7 Å². The third kappa shape index (κ3) is 5.17. The van der Waals surface area contributed by atoms with E-state index < -0.39 is 0 Å². The molecule has 1 amide bonds. The average molecular weight is 319 g/mol. The van der Waals surface area contributed by atoms with Gasteiger partial charge in [-0.05, 0) is 36.1 Å². The lowest BCUT2D eigenvalue weighted by Gasteiger charge is -2.13. The first-order chi connectivity index (χ1) is 10.2. The Labute approximate surface area is 138 Å². The number of carbonyl (C=O) groups excluding carboxylic acids is 1. The number of halogens is 1. The summed E-state index contributed by atoms with van der Waals surface area (Å²) < 4.78 is 0. The van der Waals surface area contributed by atoms with Crippen LogP contribution in [0.2, 0.25) is 0 Å². The molecule has 118 valence electrons. The summed E-state index contributed by atoms with van der Waals surface area (Å²) >= 11 is 0. The Balaban J connectivity index is 0.00000242. The van der Waals surface area contributed by atoms with Crippen LogP contribution in [0.1, 0.15) is 28.4 Å². The van der Waals surface area contributed by atoms with Gasteiger partial charge in [-0.25, -0.2) is 0 Å². The van der Waals surface area contributed by atoms with Gasteiger partial charge in [-0.1, -0.05) is 55.5 Å². The molecule has 22 heavy (non-hydrogen) atoms. The minimum absolute atomic E-state index is 0. The zero-order valence-electron chi connectivity index (χ0n) is 12.8. The zero-order valence-corrected chi connectivity index (χ0v) is 13.6. The molecule has 2 aromatic rings. The Kier molecular flexibility index (Phi) is 7.64. The fourth-order valence-corrected chi connectivity index (χ4v) is 2.16. The summed E-state index contributed by atoms with van der Waals surface area (Å²) in [5, 5.41) is 2.96. The number of rotatable bonds is 6. The van der Waals surface area contributed by atoms with E-state index in [1.54, 1.807) is 0 Å². The fourth-order valence-electron chi connectivity index (χ4n) is 2.16. The van der Waals surface area contributed by atoms with Crippen LogP contribution in [0.5, 0.6) is 0 Å². The molecule has 4 heteroatoms. The van der Waals surface area contributed by atoms with E-state index in [2.05, 4.69) is 17.4 Å². The van der Waals surface area contributed by atoms with Crippen LogP contribution in [0.15, 0.2) is 54.6 Å². The van der Waals surface area contributed by atoms with E-state index >= 15 is 0 Å². The average Bonchev–Trinajstić information content (AvgIpc) is 2.53. The van der Waals surface area contributed by atoms with Crippen molar-refractivity contribution in [3.05, 3.63) is 71.3 Å². The fraction of sp³-hybridized carbons (Fsp3) is 0.278. The molecule has 2 aromatic carbocycles. The smallest absolute Gasteiger partial charge is 0.251 e. The molecule has 3 nitrogen and oxygen atoms in total. The molecule has 0 aliphatic rings. The number of benzene rings is 2. The number of hydrogen-bond donors (Lipinski definition) is 2. The Morgan fingerprint density at radius 2 is 1.73 bits per heavy atom. The molecular weight excluding hydrogens is 296 g/mol. The van der Waals surface area contributed by atoms with Gasteiger partial charge in [-0.15, -0.1) is 12.4 Å². The summed E-state index contributed by atoms with van der Waals surface area (Å²) in [6.45, 7) is 3.21.